The molecule has 0 saturated heterocycles. The summed E-state index contributed by atoms with van der Waals surface area (Å²) < 4.78 is 5.30. The number of aromatic nitrogens is 1. The molecular weight excluding hydrogens is 302 g/mol. The van der Waals surface area contributed by atoms with Gasteiger partial charge in [0.05, 0.1) is 7.11 Å². The second-order valence-corrected chi connectivity index (χ2v) is 6.05. The fourth-order valence-electron chi connectivity index (χ4n) is 3.07. The van der Waals surface area contributed by atoms with Crippen LogP contribution >= 0.6 is 0 Å². The summed E-state index contributed by atoms with van der Waals surface area (Å²) in [4.78, 5) is 16.6. The van der Waals surface area contributed by atoms with Gasteiger partial charge in [0.1, 0.15) is 11.4 Å². The van der Waals surface area contributed by atoms with Gasteiger partial charge in [-0.2, -0.15) is 0 Å². The van der Waals surface area contributed by atoms with Crippen LogP contribution in [-0.2, 0) is 6.54 Å². The molecule has 1 aromatic heterocycles. The van der Waals surface area contributed by atoms with E-state index in [-0.39, 0.29) is 5.91 Å². The van der Waals surface area contributed by atoms with Crippen LogP contribution in [0.15, 0.2) is 42.6 Å². The summed E-state index contributed by atoms with van der Waals surface area (Å²) in [6, 6.07) is 11.9. The number of carbonyl (C=O) groups excluding carboxylic acids is 1. The average molecular weight is 325 g/mol. The van der Waals surface area contributed by atoms with E-state index in [2.05, 4.69) is 15.6 Å². The molecule has 1 aliphatic rings. The molecule has 1 amide bonds. The Labute approximate surface area is 142 Å². The van der Waals surface area contributed by atoms with E-state index in [4.69, 9.17) is 4.74 Å². The van der Waals surface area contributed by atoms with Gasteiger partial charge in [-0.3, -0.25) is 9.78 Å². The number of anilines is 1. The summed E-state index contributed by atoms with van der Waals surface area (Å²) in [5.74, 6) is 0.582. The Morgan fingerprint density at radius 2 is 2.04 bits per heavy atom. The Kier molecular flexibility index (Phi) is 5.31. The second kappa shape index (κ2) is 7.81. The number of carbonyl (C=O) groups is 1. The summed E-state index contributed by atoms with van der Waals surface area (Å²) >= 11 is 0. The van der Waals surface area contributed by atoms with Gasteiger partial charge in [-0.05, 0) is 31.0 Å². The Morgan fingerprint density at radius 1 is 1.25 bits per heavy atom. The van der Waals surface area contributed by atoms with Crippen molar-refractivity contribution >= 4 is 11.6 Å². The number of para-hydroxylation sites is 1. The molecule has 5 nitrogen and oxygen atoms in total. The zero-order chi connectivity index (χ0) is 16.8. The molecule has 0 radical (unpaired) electrons. The Morgan fingerprint density at radius 3 is 2.83 bits per heavy atom. The zero-order valence-corrected chi connectivity index (χ0v) is 13.9. The molecule has 3 rings (SSSR count). The lowest BCUT2D eigenvalue weighted by atomic mass is 10.2. The monoisotopic (exact) mass is 325 g/mol. The predicted molar refractivity (Wildman–Crippen MR) is 94.3 cm³/mol. The molecule has 5 heteroatoms. The fraction of sp³-hybridized carbons (Fsp3) is 0.368. The van der Waals surface area contributed by atoms with Crippen molar-refractivity contribution in [3.8, 4) is 5.75 Å². The number of hydrogen-bond acceptors (Lipinski definition) is 4. The molecule has 1 aromatic carbocycles. The molecule has 0 unspecified atom stereocenters. The van der Waals surface area contributed by atoms with Crippen molar-refractivity contribution < 1.29 is 9.53 Å². The summed E-state index contributed by atoms with van der Waals surface area (Å²) in [7, 11) is 1.63. The maximum absolute atomic E-state index is 12.4. The first-order valence-corrected chi connectivity index (χ1v) is 8.39. The van der Waals surface area contributed by atoms with E-state index in [9.17, 15) is 4.79 Å². The smallest absolute Gasteiger partial charge is 0.270 e. The number of amides is 1. The van der Waals surface area contributed by atoms with Crippen LogP contribution in [0.25, 0.3) is 0 Å². The summed E-state index contributed by atoms with van der Waals surface area (Å²) in [6.45, 7) is 0.408. The van der Waals surface area contributed by atoms with Gasteiger partial charge in [0.15, 0.2) is 0 Å². The van der Waals surface area contributed by atoms with E-state index in [1.165, 1.54) is 25.7 Å². The number of methoxy groups -OCH3 is 1. The van der Waals surface area contributed by atoms with E-state index < -0.39 is 0 Å². The van der Waals surface area contributed by atoms with Crippen molar-refractivity contribution in [1.82, 2.24) is 10.3 Å². The molecule has 0 bridgehead atoms. The fourth-order valence-corrected chi connectivity index (χ4v) is 3.07. The normalized spacial score (nSPS) is 14.4. The maximum Gasteiger partial charge on any atom is 0.270 e. The van der Waals surface area contributed by atoms with Crippen molar-refractivity contribution in [2.45, 2.75) is 38.3 Å². The van der Waals surface area contributed by atoms with E-state index >= 15 is 0 Å². The summed E-state index contributed by atoms with van der Waals surface area (Å²) in [5.41, 5.74) is 2.32. The number of nitrogens with one attached hydrogen (secondary N) is 2. The number of hydrogen-bond donors (Lipinski definition) is 2. The van der Waals surface area contributed by atoms with Crippen LogP contribution in [0.3, 0.4) is 0 Å². The SMILES string of the molecule is COc1ccccc1CNC(=O)c1cc(NC2CCCC2)ccn1. The van der Waals surface area contributed by atoms with Crippen LogP contribution in [0.4, 0.5) is 5.69 Å². The molecule has 24 heavy (non-hydrogen) atoms. The number of benzene rings is 1. The summed E-state index contributed by atoms with van der Waals surface area (Å²) in [5, 5.41) is 6.39. The van der Waals surface area contributed by atoms with Crippen LogP contribution < -0.4 is 15.4 Å². The third-order valence-corrected chi connectivity index (χ3v) is 4.35. The minimum atomic E-state index is -0.184. The highest BCUT2D eigenvalue weighted by molar-refractivity contribution is 5.93. The summed E-state index contributed by atoms with van der Waals surface area (Å²) in [6.07, 6.45) is 6.61. The van der Waals surface area contributed by atoms with Gasteiger partial charge in [0.2, 0.25) is 0 Å². The second-order valence-electron chi connectivity index (χ2n) is 6.05. The number of rotatable bonds is 6. The Bertz CT molecular complexity index is 697. The number of pyridine rings is 1. The topological polar surface area (TPSA) is 63.2 Å². The molecule has 0 atom stereocenters. The molecule has 2 aromatic rings. The quantitative estimate of drug-likeness (QED) is 0.855. The van der Waals surface area contributed by atoms with Gasteiger partial charge < -0.3 is 15.4 Å². The highest BCUT2D eigenvalue weighted by Gasteiger charge is 2.15. The minimum absolute atomic E-state index is 0.184. The van der Waals surface area contributed by atoms with Crippen LogP contribution in [0, 0.1) is 0 Å². The van der Waals surface area contributed by atoms with Gasteiger partial charge in [0.25, 0.3) is 5.91 Å². The lowest BCUT2D eigenvalue weighted by molar-refractivity contribution is 0.0945. The molecule has 126 valence electrons. The van der Waals surface area contributed by atoms with E-state index in [1.54, 1.807) is 13.3 Å². The lowest BCUT2D eigenvalue weighted by Crippen LogP contribution is -2.24. The van der Waals surface area contributed by atoms with Crippen molar-refractivity contribution in [3.63, 3.8) is 0 Å². The van der Waals surface area contributed by atoms with Crippen molar-refractivity contribution in [2.75, 3.05) is 12.4 Å². The maximum atomic E-state index is 12.4. The highest BCUT2D eigenvalue weighted by atomic mass is 16.5. The zero-order valence-electron chi connectivity index (χ0n) is 13.9. The highest BCUT2D eigenvalue weighted by Crippen LogP contribution is 2.22. The minimum Gasteiger partial charge on any atom is -0.496 e. The molecule has 1 saturated carbocycles. The molecule has 2 N–H and O–H groups in total. The number of ether oxygens (including phenoxy) is 1. The lowest BCUT2D eigenvalue weighted by Gasteiger charge is -2.14. The van der Waals surface area contributed by atoms with Crippen molar-refractivity contribution in [1.29, 1.82) is 0 Å². The van der Waals surface area contributed by atoms with Gasteiger partial charge in [-0.15, -0.1) is 0 Å². The van der Waals surface area contributed by atoms with E-state index in [1.807, 2.05) is 36.4 Å². The molecule has 1 aliphatic carbocycles. The van der Waals surface area contributed by atoms with Gasteiger partial charge in [0, 0.05) is 30.0 Å². The standard InChI is InChI=1S/C19H23N3O2/c1-24-18-9-5-2-6-14(18)13-21-19(23)17-12-16(10-11-20-17)22-15-7-3-4-8-15/h2,5-6,9-12,15H,3-4,7-8,13H2,1H3,(H,20,22)(H,21,23). The number of nitrogens with zero attached hydrogens (tertiary/aromatic N) is 1. The molecule has 0 spiro atoms. The van der Waals surface area contributed by atoms with Gasteiger partial charge >= 0.3 is 0 Å². The van der Waals surface area contributed by atoms with Gasteiger partial charge in [-0.25, -0.2) is 0 Å². The van der Waals surface area contributed by atoms with Crippen LogP contribution in [0.5, 0.6) is 5.75 Å². The predicted octanol–water partition coefficient (Wildman–Crippen LogP) is 3.37. The molecule has 1 fully saturated rings. The molecular formula is C19H23N3O2. The van der Waals surface area contributed by atoms with E-state index in [0.29, 0.717) is 18.3 Å². The Balaban J connectivity index is 1.62. The largest absolute Gasteiger partial charge is 0.496 e. The van der Waals surface area contributed by atoms with Crippen LogP contribution in [0.2, 0.25) is 0 Å². The van der Waals surface area contributed by atoms with Crippen LogP contribution in [0.1, 0.15) is 41.7 Å². The average Bonchev–Trinajstić information content (AvgIpc) is 3.13. The Hall–Kier alpha value is -2.56. The third kappa shape index (κ3) is 4.04. The third-order valence-electron chi connectivity index (χ3n) is 4.35. The van der Waals surface area contributed by atoms with Crippen molar-refractivity contribution in [3.05, 3.63) is 53.9 Å². The van der Waals surface area contributed by atoms with Gasteiger partial charge in [-0.1, -0.05) is 31.0 Å². The first kappa shape index (κ1) is 16.3. The molecule has 1 heterocycles. The first-order valence-electron chi connectivity index (χ1n) is 8.39. The first-order chi connectivity index (χ1) is 11.8. The van der Waals surface area contributed by atoms with Crippen LogP contribution in [-0.4, -0.2) is 24.0 Å². The van der Waals surface area contributed by atoms with E-state index in [0.717, 1.165) is 17.0 Å². The van der Waals surface area contributed by atoms with Crippen molar-refractivity contribution in [2.24, 2.45) is 0 Å². The molecule has 0 aliphatic heterocycles.